The van der Waals surface area contributed by atoms with E-state index < -0.39 is 12.0 Å². The molecule has 0 bridgehead atoms. The number of hydrogen-bond acceptors (Lipinski definition) is 4. The number of likely N-dealkylation sites (N-methyl/N-ethyl adjacent to an activating group) is 2. The Labute approximate surface area is 90.8 Å². The Hall–Kier alpha value is -0.650. The Kier molecular flexibility index (Phi) is 4.50. The largest absolute Gasteiger partial charge is 0.480 e. The molecule has 1 saturated heterocycles. The van der Waals surface area contributed by atoms with Crippen molar-refractivity contribution < 1.29 is 9.90 Å². The highest BCUT2D eigenvalue weighted by atomic mass is 16.4. The van der Waals surface area contributed by atoms with Gasteiger partial charge in [0.1, 0.15) is 6.04 Å². The second kappa shape index (κ2) is 5.44. The molecule has 1 aliphatic heterocycles. The lowest BCUT2D eigenvalue weighted by Crippen LogP contribution is -2.53. The number of rotatable bonds is 4. The first-order valence-corrected chi connectivity index (χ1v) is 5.39. The number of aliphatic carboxylic acids is 1. The molecular formula is C10H21N3O2. The molecule has 2 unspecified atom stereocenters. The van der Waals surface area contributed by atoms with Crippen LogP contribution in [0.2, 0.25) is 0 Å². The molecule has 0 spiro atoms. The van der Waals surface area contributed by atoms with Crippen molar-refractivity contribution in [2.75, 3.05) is 33.7 Å². The summed E-state index contributed by atoms with van der Waals surface area (Å²) in [5.41, 5.74) is 5.48. The summed E-state index contributed by atoms with van der Waals surface area (Å²) in [6.45, 7) is 2.21. The summed E-state index contributed by atoms with van der Waals surface area (Å²) in [7, 11) is 3.92. The third kappa shape index (κ3) is 3.15. The molecule has 1 heterocycles. The average Bonchev–Trinajstić information content (AvgIpc) is 2.18. The quantitative estimate of drug-likeness (QED) is 0.657. The molecule has 0 saturated carbocycles. The molecule has 88 valence electrons. The van der Waals surface area contributed by atoms with Gasteiger partial charge in [-0.25, -0.2) is 0 Å². The van der Waals surface area contributed by atoms with Crippen LogP contribution in [-0.2, 0) is 4.79 Å². The van der Waals surface area contributed by atoms with Crippen LogP contribution in [0.25, 0.3) is 0 Å². The first-order chi connectivity index (χ1) is 7.06. The minimum Gasteiger partial charge on any atom is -0.480 e. The van der Waals surface area contributed by atoms with Crippen LogP contribution in [0, 0.1) is 0 Å². The van der Waals surface area contributed by atoms with Gasteiger partial charge in [0.2, 0.25) is 0 Å². The minimum absolute atomic E-state index is 0.173. The molecular weight excluding hydrogens is 194 g/mol. The van der Waals surface area contributed by atoms with Crippen molar-refractivity contribution in [2.45, 2.75) is 24.9 Å². The van der Waals surface area contributed by atoms with Crippen LogP contribution in [-0.4, -0.2) is 66.7 Å². The van der Waals surface area contributed by atoms with E-state index in [2.05, 4.69) is 11.9 Å². The second-order valence-electron chi connectivity index (χ2n) is 4.31. The number of nitrogens with zero attached hydrogens (tertiary/aromatic N) is 2. The van der Waals surface area contributed by atoms with E-state index in [1.807, 2.05) is 11.9 Å². The second-order valence-corrected chi connectivity index (χ2v) is 4.31. The van der Waals surface area contributed by atoms with E-state index in [1.165, 1.54) is 0 Å². The van der Waals surface area contributed by atoms with Crippen molar-refractivity contribution in [3.05, 3.63) is 0 Å². The Morgan fingerprint density at radius 1 is 1.73 bits per heavy atom. The van der Waals surface area contributed by atoms with Gasteiger partial charge in [-0.05, 0) is 33.5 Å². The summed E-state index contributed by atoms with van der Waals surface area (Å²) in [5.74, 6) is -0.826. The van der Waals surface area contributed by atoms with E-state index in [0.29, 0.717) is 6.04 Å². The number of carboxylic acid groups (broad SMARTS) is 1. The zero-order chi connectivity index (χ0) is 11.4. The van der Waals surface area contributed by atoms with Crippen LogP contribution in [0.1, 0.15) is 12.8 Å². The monoisotopic (exact) mass is 215 g/mol. The molecule has 1 aliphatic rings. The van der Waals surface area contributed by atoms with E-state index in [9.17, 15) is 4.79 Å². The third-order valence-corrected chi connectivity index (χ3v) is 3.18. The first kappa shape index (κ1) is 12.4. The van der Waals surface area contributed by atoms with Crippen molar-refractivity contribution in [1.29, 1.82) is 0 Å². The van der Waals surface area contributed by atoms with Crippen molar-refractivity contribution in [3.63, 3.8) is 0 Å². The maximum absolute atomic E-state index is 11.0. The Balaban J connectivity index is 2.57. The van der Waals surface area contributed by atoms with Gasteiger partial charge in [0, 0.05) is 19.1 Å². The highest BCUT2D eigenvalue weighted by Crippen LogP contribution is 2.15. The van der Waals surface area contributed by atoms with Crippen LogP contribution >= 0.6 is 0 Å². The maximum atomic E-state index is 11.0. The Morgan fingerprint density at radius 3 is 2.87 bits per heavy atom. The fourth-order valence-electron chi connectivity index (χ4n) is 2.17. The molecule has 5 heteroatoms. The van der Waals surface area contributed by atoms with Gasteiger partial charge in [0.15, 0.2) is 0 Å². The summed E-state index contributed by atoms with van der Waals surface area (Å²) in [6, 6.07) is -0.241. The minimum atomic E-state index is -0.826. The fourth-order valence-corrected chi connectivity index (χ4v) is 2.17. The van der Waals surface area contributed by atoms with Gasteiger partial charge >= 0.3 is 5.97 Å². The van der Waals surface area contributed by atoms with Gasteiger partial charge in [-0.1, -0.05) is 0 Å². The van der Waals surface area contributed by atoms with Crippen molar-refractivity contribution >= 4 is 5.97 Å². The molecule has 1 fully saturated rings. The molecule has 0 amide bonds. The van der Waals surface area contributed by atoms with Crippen molar-refractivity contribution in [3.8, 4) is 0 Å². The number of carbonyl (C=O) groups is 1. The summed E-state index contributed by atoms with van der Waals surface area (Å²) in [5, 5.41) is 9.00. The zero-order valence-corrected chi connectivity index (χ0v) is 9.52. The average molecular weight is 215 g/mol. The molecule has 0 aromatic heterocycles. The number of hydrogen-bond donors (Lipinski definition) is 2. The molecule has 15 heavy (non-hydrogen) atoms. The van der Waals surface area contributed by atoms with Crippen LogP contribution in [0.3, 0.4) is 0 Å². The van der Waals surface area contributed by atoms with Gasteiger partial charge in [-0.3, -0.25) is 9.69 Å². The summed E-state index contributed by atoms with van der Waals surface area (Å²) in [4.78, 5) is 15.1. The van der Waals surface area contributed by atoms with Gasteiger partial charge in [0.25, 0.3) is 0 Å². The highest BCUT2D eigenvalue weighted by molar-refractivity contribution is 5.73. The molecule has 0 aromatic carbocycles. The summed E-state index contributed by atoms with van der Waals surface area (Å²) >= 11 is 0. The SMILES string of the molecule is CN1CCCC(N(C)C(CN)C(=O)O)C1. The first-order valence-electron chi connectivity index (χ1n) is 5.39. The van der Waals surface area contributed by atoms with E-state index in [0.717, 1.165) is 25.9 Å². The predicted octanol–water partition coefficient (Wildman–Crippen LogP) is -0.576. The Bertz CT molecular complexity index is 223. The lowest BCUT2D eigenvalue weighted by atomic mass is 10.0. The van der Waals surface area contributed by atoms with Crippen LogP contribution < -0.4 is 5.73 Å². The molecule has 0 radical (unpaired) electrons. The van der Waals surface area contributed by atoms with Crippen LogP contribution in [0.15, 0.2) is 0 Å². The zero-order valence-electron chi connectivity index (χ0n) is 9.52. The van der Waals surface area contributed by atoms with Crippen molar-refractivity contribution in [2.24, 2.45) is 5.73 Å². The normalized spacial score (nSPS) is 25.5. The van der Waals surface area contributed by atoms with Gasteiger partial charge in [-0.2, -0.15) is 0 Å². The third-order valence-electron chi connectivity index (χ3n) is 3.18. The molecule has 3 N–H and O–H groups in total. The molecule has 5 nitrogen and oxygen atoms in total. The maximum Gasteiger partial charge on any atom is 0.322 e. The standard InChI is InChI=1S/C10H21N3O2/c1-12-5-3-4-8(7-12)13(2)9(6-11)10(14)15/h8-9H,3-7,11H2,1-2H3,(H,14,15). The smallest absolute Gasteiger partial charge is 0.322 e. The van der Waals surface area contributed by atoms with Gasteiger partial charge in [0.05, 0.1) is 0 Å². The number of nitrogens with two attached hydrogens (primary N) is 1. The summed E-state index contributed by atoms with van der Waals surface area (Å²) in [6.07, 6.45) is 2.19. The number of piperidine rings is 1. The van der Waals surface area contributed by atoms with E-state index in [-0.39, 0.29) is 6.54 Å². The highest BCUT2D eigenvalue weighted by Gasteiger charge is 2.29. The van der Waals surface area contributed by atoms with Gasteiger partial charge < -0.3 is 15.7 Å². The molecule has 0 aliphatic carbocycles. The molecule has 2 atom stereocenters. The molecule has 1 rings (SSSR count). The molecule has 0 aromatic rings. The Morgan fingerprint density at radius 2 is 2.40 bits per heavy atom. The fraction of sp³-hybridized carbons (Fsp3) is 0.900. The van der Waals surface area contributed by atoms with E-state index in [1.54, 1.807) is 0 Å². The summed E-state index contributed by atoms with van der Waals surface area (Å²) < 4.78 is 0. The van der Waals surface area contributed by atoms with Crippen molar-refractivity contribution in [1.82, 2.24) is 9.80 Å². The van der Waals surface area contributed by atoms with E-state index >= 15 is 0 Å². The lowest BCUT2D eigenvalue weighted by molar-refractivity contribution is -0.143. The predicted molar refractivity (Wildman–Crippen MR) is 58.8 cm³/mol. The van der Waals surface area contributed by atoms with E-state index in [4.69, 9.17) is 10.8 Å². The van der Waals surface area contributed by atoms with Crippen LogP contribution in [0.5, 0.6) is 0 Å². The van der Waals surface area contributed by atoms with Crippen LogP contribution in [0.4, 0.5) is 0 Å². The van der Waals surface area contributed by atoms with Gasteiger partial charge in [-0.15, -0.1) is 0 Å². The topological polar surface area (TPSA) is 69.8 Å². The number of likely N-dealkylation sites (tertiary alicyclic amines) is 1. The number of carboxylic acids is 1. The lowest BCUT2D eigenvalue weighted by Gasteiger charge is -2.38.